The number of allylic oxidation sites excluding steroid dienone is 5. The van der Waals surface area contributed by atoms with Crippen LogP contribution in [0, 0.1) is 12.8 Å². The molecule has 1 aromatic carbocycles. The van der Waals surface area contributed by atoms with Crippen LogP contribution in [-0.4, -0.2) is 5.78 Å². The molecule has 104 valence electrons. The highest BCUT2D eigenvalue weighted by Gasteiger charge is 2.17. The van der Waals surface area contributed by atoms with Crippen molar-refractivity contribution >= 4 is 11.9 Å². The Morgan fingerprint density at radius 3 is 2.80 bits per heavy atom. The lowest BCUT2D eigenvalue weighted by Gasteiger charge is -2.09. The van der Waals surface area contributed by atoms with Crippen LogP contribution in [0.2, 0.25) is 0 Å². The van der Waals surface area contributed by atoms with Crippen molar-refractivity contribution in [2.24, 2.45) is 5.92 Å². The molecule has 20 heavy (non-hydrogen) atoms. The van der Waals surface area contributed by atoms with Gasteiger partial charge in [-0.1, -0.05) is 62.4 Å². The van der Waals surface area contributed by atoms with E-state index in [0.717, 1.165) is 17.6 Å². The third-order valence-corrected chi connectivity index (χ3v) is 3.73. The first-order chi connectivity index (χ1) is 9.61. The lowest BCUT2D eigenvalue weighted by atomic mass is 9.94. The highest BCUT2D eigenvalue weighted by Crippen LogP contribution is 2.22. The van der Waals surface area contributed by atoms with E-state index >= 15 is 0 Å². The van der Waals surface area contributed by atoms with Crippen molar-refractivity contribution in [2.75, 3.05) is 0 Å². The predicted octanol–water partition coefficient (Wildman–Crippen LogP) is 4.66. The Hall–Kier alpha value is -1.89. The van der Waals surface area contributed by atoms with Crippen molar-refractivity contribution < 1.29 is 4.79 Å². The zero-order valence-corrected chi connectivity index (χ0v) is 12.5. The molecule has 0 radical (unpaired) electrons. The van der Waals surface area contributed by atoms with Crippen molar-refractivity contribution in [1.82, 2.24) is 0 Å². The third-order valence-electron chi connectivity index (χ3n) is 3.73. The molecular formula is C19H22O. The Kier molecular flexibility index (Phi) is 4.73. The van der Waals surface area contributed by atoms with Crippen LogP contribution in [0.5, 0.6) is 0 Å². The van der Waals surface area contributed by atoms with E-state index in [2.05, 4.69) is 57.2 Å². The second-order valence-corrected chi connectivity index (χ2v) is 5.40. The van der Waals surface area contributed by atoms with Gasteiger partial charge in [-0.2, -0.15) is 0 Å². The Bertz CT molecular complexity index is 588. The van der Waals surface area contributed by atoms with E-state index in [1.54, 1.807) is 0 Å². The average Bonchev–Trinajstić information content (AvgIpc) is 2.85. The molecule has 2 rings (SSSR count). The van der Waals surface area contributed by atoms with Gasteiger partial charge in [0, 0.05) is 17.9 Å². The summed E-state index contributed by atoms with van der Waals surface area (Å²) in [5.41, 5.74) is 4.48. The fraction of sp³-hybridized carbons (Fsp3) is 0.316. The molecule has 0 heterocycles. The maximum Gasteiger partial charge on any atom is 0.163 e. The van der Waals surface area contributed by atoms with Crippen molar-refractivity contribution in [3.05, 3.63) is 64.8 Å². The molecule has 1 aliphatic rings. The van der Waals surface area contributed by atoms with Crippen LogP contribution in [0.3, 0.4) is 0 Å². The summed E-state index contributed by atoms with van der Waals surface area (Å²) in [6.45, 7) is 6.30. The van der Waals surface area contributed by atoms with Gasteiger partial charge >= 0.3 is 0 Å². The first-order valence-corrected chi connectivity index (χ1v) is 7.29. The molecule has 1 aromatic rings. The van der Waals surface area contributed by atoms with Crippen LogP contribution in [0.4, 0.5) is 0 Å². The topological polar surface area (TPSA) is 17.1 Å². The maximum atomic E-state index is 12.3. The largest absolute Gasteiger partial charge is 0.294 e. The van der Waals surface area contributed by atoms with E-state index in [1.165, 1.54) is 11.1 Å². The van der Waals surface area contributed by atoms with E-state index < -0.39 is 0 Å². The van der Waals surface area contributed by atoms with E-state index in [0.29, 0.717) is 6.42 Å². The average molecular weight is 266 g/mol. The minimum absolute atomic E-state index is 0.233. The number of rotatable bonds is 5. The number of Topliss-reactive ketones (excluding diaryl/α,β-unsaturated/α-hetero) is 1. The quantitative estimate of drug-likeness (QED) is 0.757. The zero-order valence-electron chi connectivity index (χ0n) is 12.5. The van der Waals surface area contributed by atoms with Gasteiger partial charge in [0.05, 0.1) is 0 Å². The van der Waals surface area contributed by atoms with Gasteiger partial charge in [0.2, 0.25) is 0 Å². The molecule has 0 N–H and O–H groups in total. The molecule has 1 unspecified atom stereocenters. The molecule has 0 saturated heterocycles. The summed E-state index contributed by atoms with van der Waals surface area (Å²) in [5, 5.41) is 0. The molecule has 0 amide bonds. The van der Waals surface area contributed by atoms with Gasteiger partial charge in [-0.05, 0) is 30.0 Å². The van der Waals surface area contributed by atoms with Gasteiger partial charge < -0.3 is 0 Å². The number of hydrogen-bond acceptors (Lipinski definition) is 1. The second-order valence-electron chi connectivity index (χ2n) is 5.40. The van der Waals surface area contributed by atoms with Gasteiger partial charge in [-0.15, -0.1) is 0 Å². The molecule has 0 spiro atoms. The molecule has 0 aromatic heterocycles. The molecule has 0 aliphatic heterocycles. The fourth-order valence-corrected chi connectivity index (χ4v) is 2.44. The van der Waals surface area contributed by atoms with E-state index in [-0.39, 0.29) is 11.7 Å². The molecule has 0 bridgehead atoms. The highest BCUT2D eigenvalue weighted by molar-refractivity contribution is 5.98. The second kappa shape index (κ2) is 6.51. The van der Waals surface area contributed by atoms with E-state index in [4.69, 9.17) is 0 Å². The van der Waals surface area contributed by atoms with Crippen LogP contribution < -0.4 is 0 Å². The fourth-order valence-electron chi connectivity index (χ4n) is 2.44. The summed E-state index contributed by atoms with van der Waals surface area (Å²) in [5.74, 6) is 0.490. The number of aryl methyl sites for hydroxylation is 1. The summed E-state index contributed by atoms with van der Waals surface area (Å²) >= 11 is 0. The molecule has 1 heteroatoms. The number of carbonyl (C=O) groups is 1. The first kappa shape index (κ1) is 14.5. The smallest absolute Gasteiger partial charge is 0.163 e. The number of hydrogen-bond donors (Lipinski definition) is 0. The van der Waals surface area contributed by atoms with Crippen LogP contribution >= 0.6 is 0 Å². The standard InChI is InChI=1S/C19H22O/c1-4-5-8-17-12-16(11-10-14(17)2)13-19(20)18-9-6-7-15(18)3/h5-12,15H,4,13H2,1-3H3/b8-5-. The summed E-state index contributed by atoms with van der Waals surface area (Å²) < 4.78 is 0. The minimum Gasteiger partial charge on any atom is -0.294 e. The summed E-state index contributed by atoms with van der Waals surface area (Å²) in [7, 11) is 0. The normalized spacial score (nSPS) is 17.8. The Morgan fingerprint density at radius 2 is 2.15 bits per heavy atom. The molecular weight excluding hydrogens is 244 g/mol. The number of ketones is 1. The number of carbonyl (C=O) groups excluding carboxylic acids is 1. The van der Waals surface area contributed by atoms with Gasteiger partial charge in [0.1, 0.15) is 0 Å². The number of benzene rings is 1. The molecule has 1 atom stereocenters. The Labute approximate surface area is 121 Å². The Balaban J connectivity index is 2.14. The van der Waals surface area contributed by atoms with Crippen molar-refractivity contribution in [3.63, 3.8) is 0 Å². The summed E-state index contributed by atoms with van der Waals surface area (Å²) in [4.78, 5) is 12.3. The SMILES string of the molecule is CC/C=C\c1cc(CC(=O)C2=CC=CC2C)ccc1C. The van der Waals surface area contributed by atoms with Crippen LogP contribution in [0.25, 0.3) is 6.08 Å². The summed E-state index contributed by atoms with van der Waals surface area (Å²) in [6.07, 6.45) is 11.8. The zero-order chi connectivity index (χ0) is 14.5. The van der Waals surface area contributed by atoms with E-state index in [1.807, 2.05) is 12.2 Å². The monoisotopic (exact) mass is 266 g/mol. The molecule has 1 aliphatic carbocycles. The van der Waals surface area contributed by atoms with Crippen molar-refractivity contribution in [1.29, 1.82) is 0 Å². The third kappa shape index (κ3) is 3.36. The van der Waals surface area contributed by atoms with Gasteiger partial charge in [-0.25, -0.2) is 0 Å². The van der Waals surface area contributed by atoms with Gasteiger partial charge in [-0.3, -0.25) is 4.79 Å². The molecule has 1 nitrogen and oxygen atoms in total. The maximum absolute atomic E-state index is 12.3. The molecule has 0 saturated carbocycles. The minimum atomic E-state index is 0.233. The van der Waals surface area contributed by atoms with Gasteiger partial charge in [0.25, 0.3) is 0 Å². The van der Waals surface area contributed by atoms with E-state index in [9.17, 15) is 4.79 Å². The lowest BCUT2D eigenvalue weighted by molar-refractivity contribution is -0.115. The first-order valence-electron chi connectivity index (χ1n) is 7.29. The van der Waals surface area contributed by atoms with Gasteiger partial charge in [0.15, 0.2) is 5.78 Å². The van der Waals surface area contributed by atoms with Crippen LogP contribution in [0.15, 0.2) is 48.1 Å². The Morgan fingerprint density at radius 1 is 1.35 bits per heavy atom. The summed E-state index contributed by atoms with van der Waals surface area (Å²) in [6, 6.07) is 6.29. The molecule has 0 fully saturated rings. The van der Waals surface area contributed by atoms with Crippen LogP contribution in [0.1, 0.15) is 37.0 Å². The highest BCUT2D eigenvalue weighted by atomic mass is 16.1. The van der Waals surface area contributed by atoms with Crippen molar-refractivity contribution in [2.45, 2.75) is 33.6 Å². The van der Waals surface area contributed by atoms with Crippen LogP contribution in [-0.2, 0) is 11.2 Å². The lowest BCUT2D eigenvalue weighted by Crippen LogP contribution is -2.10. The predicted molar refractivity (Wildman–Crippen MR) is 85.6 cm³/mol. The van der Waals surface area contributed by atoms with Crippen molar-refractivity contribution in [3.8, 4) is 0 Å².